The lowest BCUT2D eigenvalue weighted by Crippen LogP contribution is -2.49. The molecule has 7 heteroatoms. The molecule has 0 bridgehead atoms. The Labute approximate surface area is 180 Å². The lowest BCUT2D eigenvalue weighted by atomic mass is 10.1. The molecular formula is C22H27BrN4O2. The van der Waals surface area contributed by atoms with Crippen LogP contribution in [-0.2, 0) is 0 Å². The first-order chi connectivity index (χ1) is 14.0. The third-order valence-electron chi connectivity index (χ3n) is 5.31. The molecule has 3 rings (SSSR count). The van der Waals surface area contributed by atoms with Crippen LogP contribution in [0.4, 0.5) is 5.82 Å². The van der Waals surface area contributed by atoms with Gasteiger partial charge in [0.25, 0.3) is 11.8 Å². The van der Waals surface area contributed by atoms with Gasteiger partial charge in [0.05, 0.1) is 11.1 Å². The SMILES string of the molecule is CCC(C)CNC(=O)c1ccc(N2CCN(C(=O)c3ccccc3Br)CC2)nc1. The van der Waals surface area contributed by atoms with Gasteiger partial charge >= 0.3 is 0 Å². The number of hydrogen-bond donors (Lipinski definition) is 1. The molecule has 0 saturated carbocycles. The summed E-state index contributed by atoms with van der Waals surface area (Å²) in [6.45, 7) is 7.59. The number of piperazine rings is 1. The number of halogens is 1. The van der Waals surface area contributed by atoms with E-state index in [4.69, 9.17) is 0 Å². The quantitative estimate of drug-likeness (QED) is 0.718. The summed E-state index contributed by atoms with van der Waals surface area (Å²) < 4.78 is 0.816. The average molecular weight is 459 g/mol. The predicted octanol–water partition coefficient (Wildman–Crippen LogP) is 3.58. The predicted molar refractivity (Wildman–Crippen MR) is 118 cm³/mol. The van der Waals surface area contributed by atoms with Gasteiger partial charge in [-0.15, -0.1) is 0 Å². The zero-order valence-electron chi connectivity index (χ0n) is 16.9. The van der Waals surface area contributed by atoms with Crippen LogP contribution < -0.4 is 10.2 Å². The van der Waals surface area contributed by atoms with Crippen LogP contribution in [-0.4, -0.2) is 54.4 Å². The molecule has 0 radical (unpaired) electrons. The highest BCUT2D eigenvalue weighted by atomic mass is 79.9. The van der Waals surface area contributed by atoms with E-state index < -0.39 is 0 Å². The van der Waals surface area contributed by atoms with Gasteiger partial charge < -0.3 is 15.1 Å². The van der Waals surface area contributed by atoms with E-state index in [1.54, 1.807) is 6.20 Å². The molecule has 2 amide bonds. The van der Waals surface area contributed by atoms with Crippen LogP contribution in [0.2, 0.25) is 0 Å². The van der Waals surface area contributed by atoms with E-state index in [0.717, 1.165) is 16.7 Å². The van der Waals surface area contributed by atoms with Gasteiger partial charge in [0, 0.05) is 43.4 Å². The molecule has 6 nitrogen and oxygen atoms in total. The molecule has 154 valence electrons. The molecule has 1 aliphatic rings. The van der Waals surface area contributed by atoms with E-state index in [-0.39, 0.29) is 11.8 Å². The van der Waals surface area contributed by atoms with Crippen molar-refractivity contribution in [3.8, 4) is 0 Å². The minimum absolute atomic E-state index is 0.0402. The highest BCUT2D eigenvalue weighted by Crippen LogP contribution is 2.20. The molecule has 1 aromatic carbocycles. The standard InChI is InChI=1S/C22H27BrN4O2/c1-3-16(2)14-25-21(28)17-8-9-20(24-15-17)26-10-12-27(13-11-26)22(29)18-6-4-5-7-19(18)23/h4-9,15-16H,3,10-14H2,1-2H3,(H,25,28). The number of pyridine rings is 1. The van der Waals surface area contributed by atoms with Crippen LogP contribution in [0.3, 0.4) is 0 Å². The Hall–Kier alpha value is -2.41. The molecule has 1 N–H and O–H groups in total. The molecule has 29 heavy (non-hydrogen) atoms. The van der Waals surface area contributed by atoms with Crippen LogP contribution in [0.25, 0.3) is 0 Å². The van der Waals surface area contributed by atoms with Crippen LogP contribution in [0.5, 0.6) is 0 Å². The molecule has 2 heterocycles. The van der Waals surface area contributed by atoms with Gasteiger partial charge in [0.15, 0.2) is 0 Å². The Bertz CT molecular complexity index is 848. The summed E-state index contributed by atoms with van der Waals surface area (Å²) in [7, 11) is 0. The van der Waals surface area contributed by atoms with E-state index >= 15 is 0 Å². The summed E-state index contributed by atoms with van der Waals surface area (Å²) in [6, 6.07) is 11.2. The number of aromatic nitrogens is 1. The number of carbonyl (C=O) groups excluding carboxylic acids is 2. The topological polar surface area (TPSA) is 65.5 Å². The van der Waals surface area contributed by atoms with Crippen molar-refractivity contribution in [3.63, 3.8) is 0 Å². The minimum Gasteiger partial charge on any atom is -0.353 e. The largest absolute Gasteiger partial charge is 0.353 e. The van der Waals surface area contributed by atoms with Crippen molar-refractivity contribution in [2.45, 2.75) is 20.3 Å². The number of anilines is 1. The Morgan fingerprint density at radius 1 is 1.14 bits per heavy atom. The lowest BCUT2D eigenvalue weighted by Gasteiger charge is -2.35. The van der Waals surface area contributed by atoms with Gasteiger partial charge in [-0.1, -0.05) is 32.4 Å². The highest BCUT2D eigenvalue weighted by molar-refractivity contribution is 9.10. The summed E-state index contributed by atoms with van der Waals surface area (Å²) in [6.07, 6.45) is 2.66. The molecular weight excluding hydrogens is 432 g/mol. The van der Waals surface area contributed by atoms with Crippen molar-refractivity contribution < 1.29 is 9.59 Å². The van der Waals surface area contributed by atoms with Gasteiger partial charge in [-0.05, 0) is 46.1 Å². The maximum Gasteiger partial charge on any atom is 0.255 e. The summed E-state index contributed by atoms with van der Waals surface area (Å²) in [5.74, 6) is 1.24. The van der Waals surface area contributed by atoms with Crippen LogP contribution in [0, 0.1) is 5.92 Å². The molecule has 1 fully saturated rings. The van der Waals surface area contributed by atoms with Crippen LogP contribution >= 0.6 is 15.9 Å². The number of rotatable bonds is 6. The third-order valence-corrected chi connectivity index (χ3v) is 6.00. The second kappa shape index (κ2) is 9.87. The average Bonchev–Trinajstić information content (AvgIpc) is 2.77. The van der Waals surface area contributed by atoms with Crippen molar-refractivity contribution in [3.05, 3.63) is 58.2 Å². The second-order valence-corrected chi connectivity index (χ2v) is 8.24. The normalized spacial score (nSPS) is 15.1. The summed E-state index contributed by atoms with van der Waals surface area (Å²) in [4.78, 5) is 33.4. The Morgan fingerprint density at radius 3 is 2.48 bits per heavy atom. The highest BCUT2D eigenvalue weighted by Gasteiger charge is 2.24. The van der Waals surface area contributed by atoms with Crippen molar-refractivity contribution in [1.29, 1.82) is 0 Å². The van der Waals surface area contributed by atoms with Gasteiger partial charge in [0.2, 0.25) is 0 Å². The molecule has 1 aliphatic heterocycles. The first-order valence-corrected chi connectivity index (χ1v) is 10.8. The molecule has 1 atom stereocenters. The fourth-order valence-electron chi connectivity index (χ4n) is 3.16. The fraction of sp³-hybridized carbons (Fsp3) is 0.409. The number of amides is 2. The van der Waals surface area contributed by atoms with Gasteiger partial charge in [-0.3, -0.25) is 9.59 Å². The summed E-state index contributed by atoms with van der Waals surface area (Å²) in [5.41, 5.74) is 1.26. The summed E-state index contributed by atoms with van der Waals surface area (Å²) >= 11 is 3.45. The van der Waals surface area contributed by atoms with Crippen molar-refractivity contribution in [1.82, 2.24) is 15.2 Å². The number of nitrogens with one attached hydrogen (secondary N) is 1. The Morgan fingerprint density at radius 2 is 1.86 bits per heavy atom. The Kier molecular flexibility index (Phi) is 7.25. The minimum atomic E-state index is -0.0896. The fourth-order valence-corrected chi connectivity index (χ4v) is 3.62. The third kappa shape index (κ3) is 5.35. The second-order valence-electron chi connectivity index (χ2n) is 7.39. The first kappa shape index (κ1) is 21.3. The number of hydrogen-bond acceptors (Lipinski definition) is 4. The van der Waals surface area contributed by atoms with Crippen molar-refractivity contribution >= 4 is 33.6 Å². The number of benzene rings is 1. The van der Waals surface area contributed by atoms with E-state index in [1.807, 2.05) is 41.3 Å². The van der Waals surface area contributed by atoms with E-state index in [2.05, 4.69) is 45.0 Å². The maximum absolute atomic E-state index is 12.7. The number of nitrogens with zero attached hydrogens (tertiary/aromatic N) is 3. The van der Waals surface area contributed by atoms with E-state index in [9.17, 15) is 9.59 Å². The van der Waals surface area contributed by atoms with Crippen LogP contribution in [0.15, 0.2) is 47.1 Å². The Balaban J connectivity index is 1.55. The van der Waals surface area contributed by atoms with Gasteiger partial charge in [-0.2, -0.15) is 0 Å². The van der Waals surface area contributed by atoms with E-state index in [1.165, 1.54) is 0 Å². The molecule has 0 spiro atoms. The molecule has 1 unspecified atom stereocenters. The zero-order valence-corrected chi connectivity index (χ0v) is 18.5. The molecule has 0 aliphatic carbocycles. The smallest absolute Gasteiger partial charge is 0.255 e. The lowest BCUT2D eigenvalue weighted by molar-refractivity contribution is 0.0745. The van der Waals surface area contributed by atoms with Crippen LogP contribution in [0.1, 0.15) is 41.0 Å². The first-order valence-electron chi connectivity index (χ1n) is 10.0. The van der Waals surface area contributed by atoms with Crippen molar-refractivity contribution in [2.24, 2.45) is 5.92 Å². The summed E-state index contributed by atoms with van der Waals surface area (Å²) in [5, 5.41) is 2.95. The number of carbonyl (C=O) groups is 2. The molecule has 2 aromatic rings. The van der Waals surface area contributed by atoms with Crippen molar-refractivity contribution in [2.75, 3.05) is 37.6 Å². The molecule has 1 saturated heterocycles. The molecule has 1 aromatic heterocycles. The van der Waals surface area contributed by atoms with Gasteiger partial charge in [-0.25, -0.2) is 4.98 Å². The van der Waals surface area contributed by atoms with E-state index in [0.29, 0.717) is 49.8 Å². The zero-order chi connectivity index (χ0) is 20.8. The maximum atomic E-state index is 12.7. The monoisotopic (exact) mass is 458 g/mol. The van der Waals surface area contributed by atoms with Gasteiger partial charge in [0.1, 0.15) is 5.82 Å².